The standard InChI is InChI=1S/C10H20N4O3S/c1-3-8(5-6-15)13-18(16,17)9-7-14(4-2)12-10(9)11/h7-8,13,15H,3-6H2,1-2H3,(H2,11,12). The Kier molecular flexibility index (Phi) is 5.12. The highest BCUT2D eigenvalue weighted by Crippen LogP contribution is 2.17. The first-order valence-electron chi connectivity index (χ1n) is 5.90. The molecule has 0 aliphatic rings. The summed E-state index contributed by atoms with van der Waals surface area (Å²) < 4.78 is 28.2. The lowest BCUT2D eigenvalue weighted by molar-refractivity contribution is 0.270. The number of aliphatic hydroxyl groups excluding tert-OH is 1. The van der Waals surface area contributed by atoms with E-state index in [0.717, 1.165) is 0 Å². The van der Waals surface area contributed by atoms with E-state index >= 15 is 0 Å². The number of hydrogen-bond donors (Lipinski definition) is 3. The fourth-order valence-electron chi connectivity index (χ4n) is 1.57. The topological polar surface area (TPSA) is 110 Å². The Hall–Kier alpha value is -1.12. The quantitative estimate of drug-likeness (QED) is 0.645. The fraction of sp³-hybridized carbons (Fsp3) is 0.700. The van der Waals surface area contributed by atoms with Gasteiger partial charge >= 0.3 is 0 Å². The Labute approximate surface area is 107 Å². The molecular weight excluding hydrogens is 256 g/mol. The van der Waals surface area contributed by atoms with Crippen LogP contribution in [-0.2, 0) is 16.6 Å². The highest BCUT2D eigenvalue weighted by molar-refractivity contribution is 7.89. The summed E-state index contributed by atoms with van der Waals surface area (Å²) in [5, 5.41) is 12.8. The molecule has 0 bridgehead atoms. The number of nitrogen functional groups attached to an aromatic ring is 1. The van der Waals surface area contributed by atoms with Gasteiger partial charge in [0, 0.05) is 25.4 Å². The maximum Gasteiger partial charge on any atom is 0.246 e. The molecule has 1 rings (SSSR count). The molecule has 0 saturated carbocycles. The SMILES string of the molecule is CCC(CCO)NS(=O)(=O)c1cn(CC)nc1N. The van der Waals surface area contributed by atoms with Crippen LogP contribution >= 0.6 is 0 Å². The van der Waals surface area contributed by atoms with Crippen molar-refractivity contribution in [3.8, 4) is 0 Å². The second-order valence-corrected chi connectivity index (χ2v) is 5.66. The molecule has 104 valence electrons. The minimum Gasteiger partial charge on any atom is -0.396 e. The molecule has 1 unspecified atom stereocenters. The minimum atomic E-state index is -3.68. The zero-order chi connectivity index (χ0) is 13.8. The number of anilines is 1. The van der Waals surface area contributed by atoms with E-state index in [1.807, 2.05) is 13.8 Å². The lowest BCUT2D eigenvalue weighted by Gasteiger charge is -2.15. The van der Waals surface area contributed by atoms with E-state index in [9.17, 15) is 8.42 Å². The van der Waals surface area contributed by atoms with Crippen LogP contribution < -0.4 is 10.5 Å². The zero-order valence-electron chi connectivity index (χ0n) is 10.6. The van der Waals surface area contributed by atoms with Gasteiger partial charge in [-0.2, -0.15) is 5.10 Å². The lowest BCUT2D eigenvalue weighted by Crippen LogP contribution is -2.35. The number of aliphatic hydroxyl groups is 1. The van der Waals surface area contributed by atoms with Gasteiger partial charge in [-0.3, -0.25) is 4.68 Å². The summed E-state index contributed by atoms with van der Waals surface area (Å²) >= 11 is 0. The molecular formula is C10H20N4O3S. The average Bonchev–Trinajstić information content (AvgIpc) is 2.70. The monoisotopic (exact) mass is 276 g/mol. The van der Waals surface area contributed by atoms with Crippen molar-refractivity contribution < 1.29 is 13.5 Å². The van der Waals surface area contributed by atoms with Crippen molar-refractivity contribution in [1.82, 2.24) is 14.5 Å². The van der Waals surface area contributed by atoms with Crippen LogP contribution in [0.15, 0.2) is 11.1 Å². The summed E-state index contributed by atoms with van der Waals surface area (Å²) in [5.74, 6) is -0.0109. The molecule has 0 amide bonds. The Morgan fingerprint density at radius 3 is 2.67 bits per heavy atom. The molecule has 0 aliphatic heterocycles. The Morgan fingerprint density at radius 1 is 1.56 bits per heavy atom. The van der Waals surface area contributed by atoms with Crippen molar-refractivity contribution in [3.05, 3.63) is 6.20 Å². The molecule has 0 aromatic carbocycles. The van der Waals surface area contributed by atoms with E-state index < -0.39 is 10.0 Å². The van der Waals surface area contributed by atoms with E-state index in [2.05, 4.69) is 9.82 Å². The molecule has 1 atom stereocenters. The first-order chi connectivity index (χ1) is 8.44. The number of sulfonamides is 1. The molecule has 18 heavy (non-hydrogen) atoms. The maximum absolute atomic E-state index is 12.1. The third-order valence-electron chi connectivity index (χ3n) is 2.66. The molecule has 7 nitrogen and oxygen atoms in total. The summed E-state index contributed by atoms with van der Waals surface area (Å²) in [7, 11) is -3.68. The highest BCUT2D eigenvalue weighted by atomic mass is 32.2. The van der Waals surface area contributed by atoms with Gasteiger partial charge in [-0.15, -0.1) is 0 Å². The van der Waals surface area contributed by atoms with Crippen LogP contribution in [-0.4, -0.2) is 36.0 Å². The third-order valence-corrected chi connectivity index (χ3v) is 4.20. The molecule has 0 radical (unpaired) electrons. The van der Waals surface area contributed by atoms with Crippen LogP contribution in [0.1, 0.15) is 26.7 Å². The van der Waals surface area contributed by atoms with Crippen LogP contribution in [0.3, 0.4) is 0 Å². The summed E-state index contributed by atoms with van der Waals surface area (Å²) in [6, 6.07) is -0.302. The largest absolute Gasteiger partial charge is 0.396 e. The van der Waals surface area contributed by atoms with Crippen molar-refractivity contribution in [2.45, 2.75) is 44.2 Å². The number of nitrogens with one attached hydrogen (secondary N) is 1. The second kappa shape index (κ2) is 6.17. The van der Waals surface area contributed by atoms with E-state index in [-0.39, 0.29) is 23.4 Å². The molecule has 1 aromatic rings. The smallest absolute Gasteiger partial charge is 0.246 e. The first kappa shape index (κ1) is 14.9. The number of nitrogens with two attached hydrogens (primary N) is 1. The van der Waals surface area contributed by atoms with Crippen molar-refractivity contribution >= 4 is 15.8 Å². The van der Waals surface area contributed by atoms with Crippen molar-refractivity contribution in [2.24, 2.45) is 0 Å². The maximum atomic E-state index is 12.1. The third kappa shape index (κ3) is 3.44. The van der Waals surface area contributed by atoms with Gasteiger partial charge in [0.25, 0.3) is 0 Å². The molecule has 8 heteroatoms. The van der Waals surface area contributed by atoms with Crippen LogP contribution in [0, 0.1) is 0 Å². The number of aromatic nitrogens is 2. The van der Waals surface area contributed by atoms with Gasteiger partial charge < -0.3 is 10.8 Å². The summed E-state index contributed by atoms with van der Waals surface area (Å²) in [5.41, 5.74) is 5.59. The molecule has 0 aliphatic carbocycles. The number of hydrogen-bond acceptors (Lipinski definition) is 5. The Morgan fingerprint density at radius 2 is 2.22 bits per heavy atom. The van der Waals surface area contributed by atoms with E-state index in [1.165, 1.54) is 10.9 Å². The number of rotatable bonds is 7. The van der Waals surface area contributed by atoms with Crippen LogP contribution in [0.4, 0.5) is 5.82 Å². The predicted octanol–water partition coefficient (Wildman–Crippen LogP) is -0.0755. The van der Waals surface area contributed by atoms with E-state index in [4.69, 9.17) is 10.8 Å². The van der Waals surface area contributed by atoms with Gasteiger partial charge in [0.05, 0.1) is 0 Å². The van der Waals surface area contributed by atoms with Crippen molar-refractivity contribution in [2.75, 3.05) is 12.3 Å². The number of nitrogens with zero attached hydrogens (tertiary/aromatic N) is 2. The predicted molar refractivity (Wildman–Crippen MR) is 68.4 cm³/mol. The van der Waals surface area contributed by atoms with Gasteiger partial charge in [0.1, 0.15) is 4.90 Å². The molecule has 1 aromatic heterocycles. The molecule has 4 N–H and O–H groups in total. The Bertz CT molecular complexity index is 483. The number of aryl methyl sites for hydroxylation is 1. The fourth-order valence-corrected chi connectivity index (χ4v) is 3.00. The van der Waals surface area contributed by atoms with Gasteiger partial charge in [-0.1, -0.05) is 6.92 Å². The van der Waals surface area contributed by atoms with Gasteiger partial charge in [-0.25, -0.2) is 13.1 Å². The van der Waals surface area contributed by atoms with Gasteiger partial charge in [-0.05, 0) is 19.8 Å². The van der Waals surface area contributed by atoms with Crippen LogP contribution in [0.25, 0.3) is 0 Å². The molecule has 1 heterocycles. The Balaban J connectivity index is 2.94. The zero-order valence-corrected chi connectivity index (χ0v) is 11.4. The van der Waals surface area contributed by atoms with Gasteiger partial charge in [0.2, 0.25) is 10.0 Å². The first-order valence-corrected chi connectivity index (χ1v) is 7.39. The molecule has 0 fully saturated rings. The van der Waals surface area contributed by atoms with Gasteiger partial charge in [0.15, 0.2) is 5.82 Å². The van der Waals surface area contributed by atoms with Crippen molar-refractivity contribution in [1.29, 1.82) is 0 Å². The minimum absolute atomic E-state index is 0.0109. The van der Waals surface area contributed by atoms with Crippen molar-refractivity contribution in [3.63, 3.8) is 0 Å². The van der Waals surface area contributed by atoms with Crippen LogP contribution in [0.2, 0.25) is 0 Å². The molecule has 0 saturated heterocycles. The van der Waals surface area contributed by atoms with Crippen LogP contribution in [0.5, 0.6) is 0 Å². The normalized spacial score (nSPS) is 13.7. The lowest BCUT2D eigenvalue weighted by atomic mass is 10.2. The molecule has 0 spiro atoms. The van der Waals surface area contributed by atoms with E-state index in [0.29, 0.717) is 19.4 Å². The summed E-state index contributed by atoms with van der Waals surface area (Å²) in [6.45, 7) is 4.18. The van der Waals surface area contributed by atoms with E-state index in [1.54, 1.807) is 0 Å². The average molecular weight is 276 g/mol. The summed E-state index contributed by atoms with van der Waals surface area (Å²) in [4.78, 5) is -0.0132. The summed E-state index contributed by atoms with van der Waals surface area (Å²) in [6.07, 6.45) is 2.38. The second-order valence-electron chi connectivity index (χ2n) is 3.97. The highest BCUT2D eigenvalue weighted by Gasteiger charge is 2.23.